The van der Waals surface area contributed by atoms with Gasteiger partial charge in [0, 0.05) is 17.7 Å². The van der Waals surface area contributed by atoms with Crippen molar-refractivity contribution >= 4 is 12.0 Å². The number of hydrogen-bond acceptors (Lipinski definition) is 5. The lowest BCUT2D eigenvalue weighted by Crippen LogP contribution is -2.08. The van der Waals surface area contributed by atoms with E-state index in [0.717, 1.165) is 18.4 Å². The minimum atomic E-state index is -0.286. The van der Waals surface area contributed by atoms with E-state index in [0.29, 0.717) is 35.8 Å². The van der Waals surface area contributed by atoms with Crippen LogP contribution in [0.4, 0.5) is 0 Å². The summed E-state index contributed by atoms with van der Waals surface area (Å²) in [6.45, 7) is 4.37. The number of hydrogen-bond donors (Lipinski definition) is 0. The van der Waals surface area contributed by atoms with Gasteiger partial charge in [-0.2, -0.15) is 0 Å². The highest BCUT2D eigenvalue weighted by atomic mass is 16.5. The second-order valence-corrected chi connectivity index (χ2v) is 6.35. The van der Waals surface area contributed by atoms with Gasteiger partial charge in [0.15, 0.2) is 0 Å². The maximum Gasteiger partial charge on any atom is 0.334 e. The molecule has 0 aliphatic rings. The number of methoxy groups -OCH3 is 3. The van der Waals surface area contributed by atoms with Gasteiger partial charge in [0.2, 0.25) is 0 Å². The van der Waals surface area contributed by atoms with Crippen molar-refractivity contribution in [2.75, 3.05) is 27.9 Å². The van der Waals surface area contributed by atoms with E-state index in [1.807, 2.05) is 13.0 Å². The van der Waals surface area contributed by atoms with Crippen LogP contribution in [-0.2, 0) is 9.53 Å². The maximum absolute atomic E-state index is 12.4. The number of esters is 1. The summed E-state index contributed by atoms with van der Waals surface area (Å²) in [6, 6.07) is 3.56. The van der Waals surface area contributed by atoms with Crippen LogP contribution in [0, 0.1) is 0 Å². The molecule has 0 saturated carbocycles. The van der Waals surface area contributed by atoms with Gasteiger partial charge >= 0.3 is 5.97 Å². The number of carbonyl (C=O) groups excluding carboxylic acids is 1. The maximum atomic E-state index is 12.4. The van der Waals surface area contributed by atoms with Crippen LogP contribution in [0.5, 0.6) is 17.2 Å². The Morgan fingerprint density at radius 2 is 1.48 bits per heavy atom. The minimum Gasteiger partial charge on any atom is -0.496 e. The summed E-state index contributed by atoms with van der Waals surface area (Å²) in [5.74, 6) is 1.53. The fraction of sp³-hybridized carbons (Fsp3) is 0.591. The molecule has 5 heteroatoms. The zero-order chi connectivity index (χ0) is 20.1. The van der Waals surface area contributed by atoms with E-state index in [9.17, 15) is 4.79 Å². The monoisotopic (exact) mass is 378 g/mol. The third kappa shape index (κ3) is 7.53. The van der Waals surface area contributed by atoms with Gasteiger partial charge in [0.25, 0.3) is 0 Å². The fourth-order valence-electron chi connectivity index (χ4n) is 2.90. The average molecular weight is 379 g/mol. The molecule has 0 fully saturated rings. The summed E-state index contributed by atoms with van der Waals surface area (Å²) in [4.78, 5) is 12.4. The Kier molecular flexibility index (Phi) is 11.1. The smallest absolute Gasteiger partial charge is 0.334 e. The third-order valence-electron chi connectivity index (χ3n) is 4.41. The van der Waals surface area contributed by atoms with Crippen molar-refractivity contribution < 1.29 is 23.7 Å². The lowest BCUT2D eigenvalue weighted by molar-refractivity contribution is -0.138. The number of rotatable bonds is 13. The van der Waals surface area contributed by atoms with Crippen molar-refractivity contribution in [2.45, 2.75) is 58.8 Å². The van der Waals surface area contributed by atoms with Crippen LogP contribution in [-0.4, -0.2) is 33.9 Å². The SMILES string of the molecule is CCCCCCCCC(=Cc1c(OC)cc(OC)cc1OC)C(=O)OCC. The molecule has 0 N–H and O–H groups in total. The van der Waals surface area contributed by atoms with E-state index in [2.05, 4.69) is 6.92 Å². The first-order valence-corrected chi connectivity index (χ1v) is 9.78. The normalized spacial score (nSPS) is 11.2. The molecular weight excluding hydrogens is 344 g/mol. The molecule has 1 aromatic carbocycles. The van der Waals surface area contributed by atoms with Crippen LogP contribution in [0.1, 0.15) is 64.4 Å². The van der Waals surface area contributed by atoms with Crippen molar-refractivity contribution in [3.05, 3.63) is 23.3 Å². The molecule has 0 unspecified atom stereocenters. The number of benzene rings is 1. The van der Waals surface area contributed by atoms with Gasteiger partial charge in [-0.05, 0) is 25.8 Å². The molecule has 1 rings (SSSR count). The Morgan fingerprint density at radius 3 is 2.00 bits per heavy atom. The van der Waals surface area contributed by atoms with E-state index in [1.165, 1.54) is 25.7 Å². The highest BCUT2D eigenvalue weighted by molar-refractivity contribution is 5.94. The van der Waals surface area contributed by atoms with Gasteiger partial charge in [-0.25, -0.2) is 4.79 Å². The predicted molar refractivity (Wildman–Crippen MR) is 109 cm³/mol. The summed E-state index contributed by atoms with van der Waals surface area (Å²) >= 11 is 0. The fourth-order valence-corrected chi connectivity index (χ4v) is 2.90. The average Bonchev–Trinajstić information content (AvgIpc) is 2.69. The molecule has 0 radical (unpaired) electrons. The van der Waals surface area contributed by atoms with E-state index < -0.39 is 0 Å². The minimum absolute atomic E-state index is 0.286. The van der Waals surface area contributed by atoms with Gasteiger partial charge < -0.3 is 18.9 Å². The Balaban J connectivity index is 3.06. The van der Waals surface area contributed by atoms with E-state index in [1.54, 1.807) is 33.5 Å². The zero-order valence-electron chi connectivity index (χ0n) is 17.4. The molecule has 0 amide bonds. The molecule has 0 heterocycles. The zero-order valence-corrected chi connectivity index (χ0v) is 17.4. The van der Waals surface area contributed by atoms with Crippen molar-refractivity contribution in [3.63, 3.8) is 0 Å². The molecule has 0 bridgehead atoms. The molecule has 0 aliphatic carbocycles. The van der Waals surface area contributed by atoms with Gasteiger partial charge in [0.05, 0.1) is 33.5 Å². The number of unbranched alkanes of at least 4 members (excludes halogenated alkanes) is 5. The first kappa shape index (κ1) is 22.9. The lowest BCUT2D eigenvalue weighted by atomic mass is 10.0. The summed E-state index contributed by atoms with van der Waals surface area (Å²) in [6.07, 6.45) is 9.48. The van der Waals surface area contributed by atoms with Gasteiger partial charge in [-0.1, -0.05) is 39.0 Å². The van der Waals surface area contributed by atoms with Crippen molar-refractivity contribution in [1.29, 1.82) is 0 Å². The Bertz CT molecular complexity index is 582. The Hall–Kier alpha value is -2.17. The molecular formula is C22H34O5. The highest BCUT2D eigenvalue weighted by Gasteiger charge is 2.16. The van der Waals surface area contributed by atoms with Gasteiger partial charge in [0.1, 0.15) is 17.2 Å². The third-order valence-corrected chi connectivity index (χ3v) is 4.41. The molecule has 0 aliphatic heterocycles. The van der Waals surface area contributed by atoms with Crippen LogP contribution in [0.15, 0.2) is 17.7 Å². The molecule has 27 heavy (non-hydrogen) atoms. The molecule has 0 spiro atoms. The predicted octanol–water partition coefficient (Wildman–Crippen LogP) is 5.41. The van der Waals surface area contributed by atoms with Crippen molar-refractivity contribution in [2.24, 2.45) is 0 Å². The van der Waals surface area contributed by atoms with Crippen LogP contribution in [0.3, 0.4) is 0 Å². The lowest BCUT2D eigenvalue weighted by Gasteiger charge is -2.14. The molecule has 0 saturated heterocycles. The molecule has 0 atom stereocenters. The summed E-state index contributed by atoms with van der Waals surface area (Å²) in [7, 11) is 4.76. The van der Waals surface area contributed by atoms with E-state index in [4.69, 9.17) is 18.9 Å². The summed E-state index contributed by atoms with van der Waals surface area (Å²) in [5.41, 5.74) is 1.35. The largest absolute Gasteiger partial charge is 0.496 e. The number of carbonyl (C=O) groups is 1. The topological polar surface area (TPSA) is 54.0 Å². The van der Waals surface area contributed by atoms with Crippen molar-refractivity contribution in [1.82, 2.24) is 0 Å². The second kappa shape index (κ2) is 13.1. The van der Waals surface area contributed by atoms with Crippen LogP contribution in [0.25, 0.3) is 6.08 Å². The Labute approximate surface area is 163 Å². The molecule has 152 valence electrons. The summed E-state index contributed by atoms with van der Waals surface area (Å²) in [5, 5.41) is 0. The van der Waals surface area contributed by atoms with Gasteiger partial charge in [-0.15, -0.1) is 0 Å². The first-order chi connectivity index (χ1) is 13.1. The Morgan fingerprint density at radius 1 is 0.889 bits per heavy atom. The van der Waals surface area contributed by atoms with Crippen LogP contribution >= 0.6 is 0 Å². The van der Waals surface area contributed by atoms with Crippen LogP contribution < -0.4 is 14.2 Å². The molecule has 5 nitrogen and oxygen atoms in total. The van der Waals surface area contributed by atoms with Gasteiger partial charge in [-0.3, -0.25) is 0 Å². The van der Waals surface area contributed by atoms with E-state index in [-0.39, 0.29) is 5.97 Å². The second-order valence-electron chi connectivity index (χ2n) is 6.35. The molecule has 0 aromatic heterocycles. The van der Waals surface area contributed by atoms with Crippen molar-refractivity contribution in [3.8, 4) is 17.2 Å². The summed E-state index contributed by atoms with van der Waals surface area (Å²) < 4.78 is 21.5. The highest BCUT2D eigenvalue weighted by Crippen LogP contribution is 2.36. The standard InChI is InChI=1S/C22H34O5/c1-6-8-9-10-11-12-13-17(22(23)27-7-2)14-19-20(25-4)15-18(24-3)16-21(19)26-5/h14-16H,6-13H2,1-5H3. The first-order valence-electron chi connectivity index (χ1n) is 9.78. The number of ether oxygens (including phenoxy) is 4. The molecule has 1 aromatic rings. The quantitative estimate of drug-likeness (QED) is 0.261. The van der Waals surface area contributed by atoms with Crippen LogP contribution in [0.2, 0.25) is 0 Å². The van der Waals surface area contributed by atoms with E-state index >= 15 is 0 Å².